The first kappa shape index (κ1) is 11.8. The highest BCUT2D eigenvalue weighted by atomic mass is 14.9. The van der Waals surface area contributed by atoms with Crippen LogP contribution < -0.4 is 0 Å². The van der Waals surface area contributed by atoms with Crippen LogP contribution in [0.5, 0.6) is 0 Å². The van der Waals surface area contributed by atoms with Crippen LogP contribution in [0.15, 0.2) is 18.2 Å². The maximum Gasteiger partial charge on any atom is 0.126 e. The summed E-state index contributed by atoms with van der Waals surface area (Å²) in [5.41, 5.74) is 7.23. The summed E-state index contributed by atoms with van der Waals surface area (Å²) in [6.45, 7) is 10.4. The van der Waals surface area contributed by atoms with E-state index in [2.05, 4.69) is 42.9 Å². The van der Waals surface area contributed by atoms with Crippen molar-refractivity contribution >= 4 is 0 Å². The first-order valence-corrected chi connectivity index (χ1v) is 5.88. The highest BCUT2D eigenvalue weighted by molar-refractivity contribution is 5.66. The van der Waals surface area contributed by atoms with Gasteiger partial charge in [0.15, 0.2) is 0 Å². The van der Waals surface area contributed by atoms with Gasteiger partial charge in [0.05, 0.1) is 5.69 Å². The molecular formula is C15H18N2. The molecule has 2 rings (SSSR count). The van der Waals surface area contributed by atoms with Crippen molar-refractivity contribution in [2.24, 2.45) is 0 Å². The highest BCUT2D eigenvalue weighted by Crippen LogP contribution is 2.26. The van der Waals surface area contributed by atoms with Crippen molar-refractivity contribution < 1.29 is 0 Å². The Kier molecular flexibility index (Phi) is 2.97. The topological polar surface area (TPSA) is 25.8 Å². The van der Waals surface area contributed by atoms with Gasteiger partial charge in [0, 0.05) is 11.3 Å². The second-order valence-corrected chi connectivity index (χ2v) is 4.62. The molecule has 0 amide bonds. The van der Waals surface area contributed by atoms with E-state index in [0.29, 0.717) is 0 Å². The van der Waals surface area contributed by atoms with Crippen LogP contribution in [0.4, 0.5) is 0 Å². The Bertz CT molecular complexity index is 551. The van der Waals surface area contributed by atoms with Crippen molar-refractivity contribution in [3.63, 3.8) is 0 Å². The van der Waals surface area contributed by atoms with E-state index in [1.54, 1.807) is 0 Å². The minimum absolute atomic E-state index is 0.831. The number of rotatable bonds is 1. The SMILES string of the molecule is Cc1cc(-c2ccc(C)c(C)c2C)nc(C)n1. The molecule has 0 spiro atoms. The van der Waals surface area contributed by atoms with Crippen LogP contribution in [0.1, 0.15) is 28.2 Å². The zero-order valence-corrected chi connectivity index (χ0v) is 11.1. The van der Waals surface area contributed by atoms with Gasteiger partial charge in [0.25, 0.3) is 0 Å². The fraction of sp³-hybridized carbons (Fsp3) is 0.333. The Hall–Kier alpha value is -1.70. The van der Waals surface area contributed by atoms with Crippen LogP contribution >= 0.6 is 0 Å². The third-order valence-electron chi connectivity index (χ3n) is 3.30. The maximum absolute atomic E-state index is 4.52. The van der Waals surface area contributed by atoms with Gasteiger partial charge in [-0.25, -0.2) is 9.97 Å². The molecule has 0 aliphatic rings. The Labute approximate surface area is 103 Å². The zero-order valence-electron chi connectivity index (χ0n) is 11.1. The summed E-state index contributed by atoms with van der Waals surface area (Å²) < 4.78 is 0. The van der Waals surface area contributed by atoms with Crippen molar-refractivity contribution in [3.8, 4) is 11.3 Å². The molecule has 0 saturated carbocycles. The van der Waals surface area contributed by atoms with Crippen LogP contribution in [0.2, 0.25) is 0 Å². The molecule has 0 bridgehead atoms. The van der Waals surface area contributed by atoms with Crippen LogP contribution in [-0.2, 0) is 0 Å². The Balaban J connectivity index is 2.64. The van der Waals surface area contributed by atoms with Crippen molar-refractivity contribution in [2.75, 3.05) is 0 Å². The highest BCUT2D eigenvalue weighted by Gasteiger charge is 2.08. The molecule has 0 N–H and O–H groups in total. The Morgan fingerprint density at radius 1 is 0.824 bits per heavy atom. The van der Waals surface area contributed by atoms with Crippen molar-refractivity contribution in [1.29, 1.82) is 0 Å². The summed E-state index contributed by atoms with van der Waals surface area (Å²) in [5, 5.41) is 0. The summed E-state index contributed by atoms with van der Waals surface area (Å²) in [6, 6.07) is 6.35. The lowest BCUT2D eigenvalue weighted by molar-refractivity contribution is 1.01. The van der Waals surface area contributed by atoms with Crippen molar-refractivity contribution in [3.05, 3.63) is 46.4 Å². The molecule has 2 aromatic rings. The molecule has 0 fully saturated rings. The predicted octanol–water partition coefficient (Wildman–Crippen LogP) is 3.69. The molecule has 2 heteroatoms. The average molecular weight is 226 g/mol. The lowest BCUT2D eigenvalue weighted by Gasteiger charge is -2.11. The van der Waals surface area contributed by atoms with Gasteiger partial charge in [0.2, 0.25) is 0 Å². The molecule has 2 nitrogen and oxygen atoms in total. The zero-order chi connectivity index (χ0) is 12.6. The Morgan fingerprint density at radius 3 is 2.18 bits per heavy atom. The second-order valence-electron chi connectivity index (χ2n) is 4.62. The molecule has 1 aromatic heterocycles. The maximum atomic E-state index is 4.52. The van der Waals surface area contributed by atoms with Gasteiger partial charge in [-0.2, -0.15) is 0 Å². The largest absolute Gasteiger partial charge is 0.239 e. The first-order valence-electron chi connectivity index (χ1n) is 5.88. The fourth-order valence-corrected chi connectivity index (χ4v) is 2.09. The number of hydrogen-bond donors (Lipinski definition) is 0. The van der Waals surface area contributed by atoms with Crippen LogP contribution in [0.25, 0.3) is 11.3 Å². The Morgan fingerprint density at radius 2 is 1.53 bits per heavy atom. The van der Waals surface area contributed by atoms with E-state index in [0.717, 1.165) is 17.2 Å². The first-order chi connectivity index (χ1) is 7.99. The third kappa shape index (κ3) is 2.21. The molecule has 0 unspecified atom stereocenters. The van der Waals surface area contributed by atoms with E-state index in [1.165, 1.54) is 22.3 Å². The molecule has 17 heavy (non-hydrogen) atoms. The number of aromatic nitrogens is 2. The van der Waals surface area contributed by atoms with Gasteiger partial charge in [-0.15, -0.1) is 0 Å². The van der Waals surface area contributed by atoms with E-state index in [-0.39, 0.29) is 0 Å². The van der Waals surface area contributed by atoms with Gasteiger partial charge >= 0.3 is 0 Å². The number of benzene rings is 1. The summed E-state index contributed by atoms with van der Waals surface area (Å²) in [5.74, 6) is 0.831. The lowest BCUT2D eigenvalue weighted by atomic mass is 9.96. The summed E-state index contributed by atoms with van der Waals surface area (Å²) in [4.78, 5) is 8.84. The smallest absolute Gasteiger partial charge is 0.126 e. The second kappa shape index (κ2) is 4.28. The monoisotopic (exact) mass is 226 g/mol. The predicted molar refractivity (Wildman–Crippen MR) is 71.2 cm³/mol. The van der Waals surface area contributed by atoms with Crippen molar-refractivity contribution in [1.82, 2.24) is 9.97 Å². The molecule has 0 radical (unpaired) electrons. The van der Waals surface area contributed by atoms with E-state index in [1.807, 2.05) is 19.9 Å². The number of aryl methyl sites for hydroxylation is 3. The van der Waals surface area contributed by atoms with Gasteiger partial charge in [-0.05, 0) is 57.4 Å². The van der Waals surface area contributed by atoms with Crippen LogP contribution in [-0.4, -0.2) is 9.97 Å². The van der Waals surface area contributed by atoms with Crippen molar-refractivity contribution in [2.45, 2.75) is 34.6 Å². The van der Waals surface area contributed by atoms with Crippen LogP contribution in [0, 0.1) is 34.6 Å². The van der Waals surface area contributed by atoms with E-state index in [4.69, 9.17) is 0 Å². The molecule has 0 aliphatic heterocycles. The normalized spacial score (nSPS) is 10.6. The minimum Gasteiger partial charge on any atom is -0.239 e. The minimum atomic E-state index is 0.831. The van der Waals surface area contributed by atoms with Gasteiger partial charge in [-0.3, -0.25) is 0 Å². The summed E-state index contributed by atoms with van der Waals surface area (Å²) in [6.07, 6.45) is 0. The molecular weight excluding hydrogens is 208 g/mol. The third-order valence-corrected chi connectivity index (χ3v) is 3.30. The molecule has 0 aliphatic carbocycles. The quantitative estimate of drug-likeness (QED) is 0.741. The van der Waals surface area contributed by atoms with Gasteiger partial charge < -0.3 is 0 Å². The summed E-state index contributed by atoms with van der Waals surface area (Å²) in [7, 11) is 0. The molecule has 0 atom stereocenters. The molecule has 1 aromatic carbocycles. The lowest BCUT2D eigenvalue weighted by Crippen LogP contribution is -1.97. The number of hydrogen-bond acceptors (Lipinski definition) is 2. The standard InChI is InChI=1S/C15H18N2/c1-9-6-7-14(12(4)11(9)3)15-8-10(2)16-13(5)17-15/h6-8H,1-5H3. The van der Waals surface area contributed by atoms with Crippen LogP contribution in [0.3, 0.4) is 0 Å². The summed E-state index contributed by atoms with van der Waals surface area (Å²) >= 11 is 0. The van der Waals surface area contributed by atoms with E-state index in [9.17, 15) is 0 Å². The molecule has 1 heterocycles. The molecule has 0 saturated heterocycles. The fourth-order valence-electron chi connectivity index (χ4n) is 2.09. The van der Waals surface area contributed by atoms with E-state index >= 15 is 0 Å². The van der Waals surface area contributed by atoms with Gasteiger partial charge in [0.1, 0.15) is 5.82 Å². The number of nitrogens with zero attached hydrogens (tertiary/aromatic N) is 2. The van der Waals surface area contributed by atoms with E-state index < -0.39 is 0 Å². The van der Waals surface area contributed by atoms with Gasteiger partial charge in [-0.1, -0.05) is 12.1 Å². The average Bonchev–Trinajstić information content (AvgIpc) is 2.24. The molecule has 88 valence electrons.